The number of aliphatic imine (C=N–C) groups is 1. The highest BCUT2D eigenvalue weighted by Gasteiger charge is 2.20. The number of nitrogens with zero attached hydrogens (tertiary/aromatic N) is 4. The third-order valence-electron chi connectivity index (χ3n) is 4.70. The van der Waals surface area contributed by atoms with E-state index in [2.05, 4.69) is 31.0 Å². The minimum absolute atomic E-state index is 0.189. The number of rotatable bonds is 9. The molecule has 0 amide bonds. The fourth-order valence-electron chi connectivity index (χ4n) is 2.86. The molecule has 0 atom stereocenters. The molecule has 4 rings (SSSR count). The Labute approximate surface area is 175 Å². The van der Waals surface area contributed by atoms with Crippen molar-refractivity contribution in [1.29, 1.82) is 0 Å². The monoisotopic (exact) mass is 406 g/mol. The molecule has 1 saturated carbocycles. The Kier molecular flexibility index (Phi) is 6.34. The van der Waals surface area contributed by atoms with Crippen LogP contribution in [-0.2, 0) is 6.61 Å². The zero-order valence-electron chi connectivity index (χ0n) is 17.3. The molecule has 0 radical (unpaired) electrons. The van der Waals surface area contributed by atoms with Crippen LogP contribution in [0.3, 0.4) is 0 Å². The average molecular weight is 406 g/mol. The van der Waals surface area contributed by atoms with E-state index in [1.54, 1.807) is 0 Å². The largest absolute Gasteiger partial charge is 0.455 e. The van der Waals surface area contributed by atoms with Crippen molar-refractivity contribution in [2.75, 3.05) is 6.54 Å². The highest BCUT2D eigenvalue weighted by molar-refractivity contribution is 5.83. The van der Waals surface area contributed by atoms with Gasteiger partial charge >= 0.3 is 6.01 Å². The zero-order valence-corrected chi connectivity index (χ0v) is 17.3. The third kappa shape index (κ3) is 5.64. The maximum atomic E-state index is 5.74. The molecule has 0 bridgehead atoms. The molecule has 0 aliphatic heterocycles. The first kappa shape index (κ1) is 20.0. The molecule has 0 unspecified atom stereocenters. The van der Waals surface area contributed by atoms with Crippen molar-refractivity contribution in [2.24, 2.45) is 10.9 Å². The van der Waals surface area contributed by atoms with E-state index in [-0.39, 0.29) is 12.6 Å². The second-order valence-electron chi connectivity index (χ2n) is 7.34. The van der Waals surface area contributed by atoms with Gasteiger partial charge in [0.05, 0.1) is 0 Å². The highest BCUT2D eigenvalue weighted by atomic mass is 16.5. The summed E-state index contributed by atoms with van der Waals surface area (Å²) in [6.07, 6.45) is 3.37. The highest BCUT2D eigenvalue weighted by Crippen LogP contribution is 2.27. The normalized spacial score (nSPS) is 14.0. The molecule has 2 N–H and O–H groups in total. The zero-order chi connectivity index (χ0) is 20.8. The molecular formula is C22H26N6O2. The first-order chi connectivity index (χ1) is 14.7. The summed E-state index contributed by atoms with van der Waals surface area (Å²) in [4.78, 5) is 13.3. The van der Waals surface area contributed by atoms with Gasteiger partial charge in [-0.25, -0.2) is 15.4 Å². The lowest BCUT2D eigenvalue weighted by atomic mass is 10.1. The van der Waals surface area contributed by atoms with Gasteiger partial charge in [0.15, 0.2) is 18.2 Å². The van der Waals surface area contributed by atoms with Crippen LogP contribution in [0.2, 0.25) is 0 Å². The van der Waals surface area contributed by atoms with Gasteiger partial charge in [0.1, 0.15) is 11.5 Å². The second-order valence-corrected chi connectivity index (χ2v) is 7.34. The topological polar surface area (TPSA) is 97.5 Å². The van der Waals surface area contributed by atoms with Gasteiger partial charge in [0.2, 0.25) is 0 Å². The SMILES string of the molecule is CCC(=Nc1cc(C)nc(OCc2cc(-c3ccccc3)no2)n1)NNCC1CC1. The van der Waals surface area contributed by atoms with Crippen molar-refractivity contribution in [3.05, 3.63) is 53.9 Å². The number of benzene rings is 1. The molecule has 8 nitrogen and oxygen atoms in total. The third-order valence-corrected chi connectivity index (χ3v) is 4.70. The average Bonchev–Trinajstić information content (AvgIpc) is 3.46. The Bertz CT molecular complexity index is 998. The van der Waals surface area contributed by atoms with Crippen LogP contribution in [-0.4, -0.2) is 27.5 Å². The summed E-state index contributed by atoms with van der Waals surface area (Å²) < 4.78 is 11.1. The van der Waals surface area contributed by atoms with Gasteiger partial charge in [-0.15, -0.1) is 0 Å². The van der Waals surface area contributed by atoms with Crippen LogP contribution >= 0.6 is 0 Å². The molecule has 8 heteroatoms. The van der Waals surface area contributed by atoms with E-state index in [9.17, 15) is 0 Å². The van der Waals surface area contributed by atoms with Crippen molar-refractivity contribution in [2.45, 2.75) is 39.7 Å². The smallest absolute Gasteiger partial charge is 0.319 e. The van der Waals surface area contributed by atoms with E-state index in [0.717, 1.165) is 41.7 Å². The van der Waals surface area contributed by atoms with Crippen LogP contribution in [0.5, 0.6) is 6.01 Å². The predicted octanol–water partition coefficient (Wildman–Crippen LogP) is 3.96. The lowest BCUT2D eigenvalue weighted by molar-refractivity contribution is 0.233. The molecule has 0 spiro atoms. The minimum Gasteiger partial charge on any atom is -0.455 e. The van der Waals surface area contributed by atoms with E-state index >= 15 is 0 Å². The summed E-state index contributed by atoms with van der Waals surface area (Å²) in [5.74, 6) is 2.76. The molecule has 30 heavy (non-hydrogen) atoms. The summed E-state index contributed by atoms with van der Waals surface area (Å²) in [5.41, 5.74) is 8.95. The molecular weight excluding hydrogens is 380 g/mol. The molecule has 156 valence electrons. The minimum atomic E-state index is 0.189. The van der Waals surface area contributed by atoms with E-state index in [1.807, 2.05) is 56.3 Å². The summed E-state index contributed by atoms with van der Waals surface area (Å²) >= 11 is 0. The first-order valence-corrected chi connectivity index (χ1v) is 10.3. The summed E-state index contributed by atoms with van der Waals surface area (Å²) in [7, 11) is 0. The van der Waals surface area contributed by atoms with Crippen molar-refractivity contribution < 1.29 is 9.26 Å². The number of aryl methyl sites for hydroxylation is 1. The van der Waals surface area contributed by atoms with Crippen LogP contribution in [0.1, 0.15) is 37.6 Å². The van der Waals surface area contributed by atoms with E-state index in [0.29, 0.717) is 11.6 Å². The van der Waals surface area contributed by atoms with E-state index < -0.39 is 0 Å². The molecule has 1 fully saturated rings. The van der Waals surface area contributed by atoms with Gasteiger partial charge < -0.3 is 14.7 Å². The summed E-state index contributed by atoms with van der Waals surface area (Å²) in [6.45, 7) is 5.08. The molecule has 0 saturated heterocycles. The maximum absolute atomic E-state index is 5.74. The first-order valence-electron chi connectivity index (χ1n) is 10.3. The van der Waals surface area contributed by atoms with Crippen molar-refractivity contribution in [3.8, 4) is 17.3 Å². The predicted molar refractivity (Wildman–Crippen MR) is 114 cm³/mol. The van der Waals surface area contributed by atoms with Gasteiger partial charge in [0, 0.05) is 36.4 Å². The second kappa shape index (κ2) is 9.49. The quantitative estimate of drug-likeness (QED) is 0.315. The number of hydrogen-bond acceptors (Lipinski definition) is 7. The molecule has 2 heterocycles. The Hall–Kier alpha value is -3.26. The number of amidine groups is 1. The standard InChI is InChI=1S/C22H26N6O2/c1-3-20(27-23-13-16-9-10-16)25-21-11-15(2)24-22(26-21)29-14-18-12-19(28-30-18)17-7-5-4-6-8-17/h4-8,11-12,16,23H,3,9-10,13-14H2,1-2H3,(H,24,25,26,27). The van der Waals surface area contributed by atoms with Crippen molar-refractivity contribution in [1.82, 2.24) is 26.0 Å². The molecule has 1 aromatic carbocycles. The van der Waals surface area contributed by atoms with Crippen LogP contribution in [0, 0.1) is 12.8 Å². The van der Waals surface area contributed by atoms with Crippen molar-refractivity contribution in [3.63, 3.8) is 0 Å². The van der Waals surface area contributed by atoms with Crippen molar-refractivity contribution >= 4 is 11.7 Å². The molecule has 3 aromatic rings. The van der Waals surface area contributed by atoms with Gasteiger partial charge in [-0.05, 0) is 25.7 Å². The van der Waals surface area contributed by atoms with Gasteiger partial charge in [-0.2, -0.15) is 4.98 Å². The Morgan fingerprint density at radius 2 is 2.03 bits per heavy atom. The number of aromatic nitrogens is 3. The van der Waals surface area contributed by atoms with Crippen LogP contribution < -0.4 is 15.6 Å². The molecule has 1 aliphatic carbocycles. The van der Waals surface area contributed by atoms with E-state index in [1.165, 1.54) is 12.8 Å². The van der Waals surface area contributed by atoms with Gasteiger partial charge in [0.25, 0.3) is 0 Å². The van der Waals surface area contributed by atoms with Crippen LogP contribution in [0.4, 0.5) is 5.82 Å². The van der Waals surface area contributed by atoms with Crippen LogP contribution in [0.25, 0.3) is 11.3 Å². The Balaban J connectivity index is 1.39. The Morgan fingerprint density at radius 1 is 1.20 bits per heavy atom. The maximum Gasteiger partial charge on any atom is 0.319 e. The fourth-order valence-corrected chi connectivity index (χ4v) is 2.86. The van der Waals surface area contributed by atoms with Crippen LogP contribution in [0.15, 0.2) is 52.0 Å². The lowest BCUT2D eigenvalue weighted by Crippen LogP contribution is -2.38. The number of hydrogen-bond donors (Lipinski definition) is 2. The number of nitrogens with one attached hydrogen (secondary N) is 2. The number of hydrazine groups is 1. The lowest BCUT2D eigenvalue weighted by Gasteiger charge is -2.09. The van der Waals surface area contributed by atoms with Gasteiger partial charge in [-0.1, -0.05) is 42.4 Å². The Morgan fingerprint density at radius 3 is 2.80 bits per heavy atom. The fraction of sp³-hybridized carbons (Fsp3) is 0.364. The molecule has 1 aliphatic rings. The van der Waals surface area contributed by atoms with Gasteiger partial charge in [-0.3, -0.25) is 0 Å². The summed E-state index contributed by atoms with van der Waals surface area (Å²) in [5, 5.41) is 4.10. The number of ether oxygens (including phenoxy) is 1. The molecule has 2 aromatic heterocycles. The summed E-state index contributed by atoms with van der Waals surface area (Å²) in [6, 6.07) is 13.8. The van der Waals surface area contributed by atoms with E-state index in [4.69, 9.17) is 9.26 Å².